The zero-order valence-corrected chi connectivity index (χ0v) is 10.8. The van der Waals surface area contributed by atoms with Gasteiger partial charge in [-0.3, -0.25) is 0 Å². The molecule has 0 radical (unpaired) electrons. The molecule has 0 bridgehead atoms. The Labute approximate surface area is 107 Å². The molecule has 0 aromatic rings. The molecule has 1 fully saturated rings. The number of carbonyl (C=O) groups is 2. The fraction of sp³-hybridized carbons (Fsp3) is 0.692. The highest BCUT2D eigenvalue weighted by atomic mass is 16.8. The van der Waals surface area contributed by atoms with Crippen LogP contribution in [0.3, 0.4) is 0 Å². The summed E-state index contributed by atoms with van der Waals surface area (Å²) in [5.74, 6) is -0.329. The minimum atomic E-state index is -0.563. The van der Waals surface area contributed by atoms with E-state index in [1.807, 2.05) is 0 Å². The lowest BCUT2D eigenvalue weighted by molar-refractivity contribution is -0.139. The van der Waals surface area contributed by atoms with Gasteiger partial charge in [0.2, 0.25) is 0 Å². The van der Waals surface area contributed by atoms with Gasteiger partial charge in [0, 0.05) is 5.57 Å². The van der Waals surface area contributed by atoms with Crippen LogP contribution in [0.2, 0.25) is 0 Å². The van der Waals surface area contributed by atoms with E-state index in [-0.39, 0.29) is 12.1 Å². The fourth-order valence-corrected chi connectivity index (χ4v) is 1.62. The van der Waals surface area contributed by atoms with Crippen molar-refractivity contribution in [2.45, 2.75) is 45.1 Å². The topological polar surface area (TPSA) is 61.8 Å². The van der Waals surface area contributed by atoms with Gasteiger partial charge in [-0.15, -0.1) is 0 Å². The first kappa shape index (κ1) is 14.5. The third-order valence-corrected chi connectivity index (χ3v) is 2.65. The van der Waals surface area contributed by atoms with Gasteiger partial charge >= 0.3 is 12.1 Å². The molecule has 0 aromatic heterocycles. The lowest BCUT2D eigenvalue weighted by Crippen LogP contribution is -2.09. The summed E-state index contributed by atoms with van der Waals surface area (Å²) in [4.78, 5) is 21.7. The van der Waals surface area contributed by atoms with E-state index in [1.54, 1.807) is 6.92 Å². The van der Waals surface area contributed by atoms with Crippen LogP contribution in [0.5, 0.6) is 0 Å². The molecule has 0 N–H and O–H groups in total. The SMILES string of the molecule is C=C(C)C(=O)OCCCCCCC1COC(=O)O1. The van der Waals surface area contributed by atoms with Gasteiger partial charge in [-0.2, -0.15) is 0 Å². The molecular weight excluding hydrogens is 236 g/mol. The van der Waals surface area contributed by atoms with Crippen molar-refractivity contribution in [1.82, 2.24) is 0 Å². The molecule has 1 rings (SSSR count). The summed E-state index contributed by atoms with van der Waals surface area (Å²) in [5.41, 5.74) is 0.429. The molecule has 1 unspecified atom stereocenters. The van der Waals surface area contributed by atoms with Gasteiger partial charge in [-0.1, -0.05) is 19.4 Å². The van der Waals surface area contributed by atoms with Crippen LogP contribution in [0, 0.1) is 0 Å². The van der Waals surface area contributed by atoms with Gasteiger partial charge in [0.15, 0.2) is 0 Å². The van der Waals surface area contributed by atoms with Crippen LogP contribution in [0.15, 0.2) is 12.2 Å². The predicted octanol–water partition coefficient (Wildman–Crippen LogP) is 2.59. The first-order valence-corrected chi connectivity index (χ1v) is 6.25. The second-order valence-corrected chi connectivity index (χ2v) is 4.42. The molecule has 1 atom stereocenters. The molecular formula is C13H20O5. The first-order chi connectivity index (χ1) is 8.59. The maximum Gasteiger partial charge on any atom is 0.508 e. The number of ether oxygens (including phenoxy) is 3. The molecule has 1 aliphatic rings. The van der Waals surface area contributed by atoms with E-state index in [2.05, 4.69) is 11.3 Å². The van der Waals surface area contributed by atoms with Crippen molar-refractivity contribution in [2.75, 3.05) is 13.2 Å². The Morgan fingerprint density at radius 3 is 2.72 bits per heavy atom. The Bertz CT molecular complexity index is 311. The Morgan fingerprint density at radius 2 is 2.11 bits per heavy atom. The fourth-order valence-electron chi connectivity index (χ4n) is 1.62. The van der Waals surface area contributed by atoms with Gasteiger partial charge in [0.25, 0.3) is 0 Å². The average molecular weight is 256 g/mol. The molecule has 1 heterocycles. The van der Waals surface area contributed by atoms with Crippen molar-refractivity contribution in [3.05, 3.63) is 12.2 Å². The van der Waals surface area contributed by atoms with E-state index in [9.17, 15) is 9.59 Å². The minimum Gasteiger partial charge on any atom is -0.462 e. The number of unbranched alkanes of at least 4 members (excludes halogenated alkanes) is 3. The Morgan fingerprint density at radius 1 is 1.39 bits per heavy atom. The third kappa shape index (κ3) is 5.70. The first-order valence-electron chi connectivity index (χ1n) is 6.25. The Hall–Kier alpha value is -1.52. The Balaban J connectivity index is 1.88. The lowest BCUT2D eigenvalue weighted by Gasteiger charge is -2.06. The monoisotopic (exact) mass is 256 g/mol. The molecule has 0 amide bonds. The zero-order chi connectivity index (χ0) is 13.4. The van der Waals surface area contributed by atoms with Crippen molar-refractivity contribution in [3.8, 4) is 0 Å². The summed E-state index contributed by atoms with van der Waals surface area (Å²) in [6, 6.07) is 0. The summed E-state index contributed by atoms with van der Waals surface area (Å²) in [6.07, 6.45) is 4.03. The molecule has 18 heavy (non-hydrogen) atoms. The third-order valence-electron chi connectivity index (χ3n) is 2.65. The van der Waals surface area contributed by atoms with Crippen LogP contribution in [-0.4, -0.2) is 31.4 Å². The lowest BCUT2D eigenvalue weighted by atomic mass is 10.1. The number of esters is 1. The van der Waals surface area contributed by atoms with Crippen LogP contribution >= 0.6 is 0 Å². The highest BCUT2D eigenvalue weighted by Gasteiger charge is 2.23. The van der Waals surface area contributed by atoms with Crippen LogP contribution in [0.1, 0.15) is 39.0 Å². The van der Waals surface area contributed by atoms with E-state index in [0.29, 0.717) is 18.8 Å². The van der Waals surface area contributed by atoms with Gasteiger partial charge in [-0.05, 0) is 26.2 Å². The smallest absolute Gasteiger partial charge is 0.462 e. The van der Waals surface area contributed by atoms with Crippen molar-refractivity contribution in [1.29, 1.82) is 0 Å². The molecule has 1 saturated heterocycles. The number of cyclic esters (lactones) is 2. The minimum absolute atomic E-state index is 0.0845. The summed E-state index contributed by atoms with van der Waals surface area (Å²) in [7, 11) is 0. The second kappa shape index (κ2) is 7.74. The second-order valence-electron chi connectivity index (χ2n) is 4.42. The van der Waals surface area contributed by atoms with E-state index in [4.69, 9.17) is 9.47 Å². The maximum atomic E-state index is 11.1. The molecule has 0 saturated carbocycles. The zero-order valence-electron chi connectivity index (χ0n) is 10.8. The average Bonchev–Trinajstić information content (AvgIpc) is 2.73. The van der Waals surface area contributed by atoms with E-state index in [1.165, 1.54) is 0 Å². The van der Waals surface area contributed by atoms with E-state index in [0.717, 1.165) is 32.1 Å². The highest BCUT2D eigenvalue weighted by Crippen LogP contribution is 2.14. The van der Waals surface area contributed by atoms with Gasteiger partial charge < -0.3 is 14.2 Å². The van der Waals surface area contributed by atoms with Crippen molar-refractivity contribution < 1.29 is 23.8 Å². The molecule has 0 aromatic carbocycles. The van der Waals surface area contributed by atoms with Gasteiger partial charge in [-0.25, -0.2) is 9.59 Å². The summed E-state index contributed by atoms with van der Waals surface area (Å²) in [5, 5.41) is 0. The van der Waals surface area contributed by atoms with Crippen molar-refractivity contribution in [3.63, 3.8) is 0 Å². The summed E-state index contributed by atoms with van der Waals surface area (Å²) in [6.45, 7) is 5.95. The van der Waals surface area contributed by atoms with Crippen LogP contribution in [0.4, 0.5) is 4.79 Å². The summed E-state index contributed by atoms with van der Waals surface area (Å²) >= 11 is 0. The molecule has 0 spiro atoms. The van der Waals surface area contributed by atoms with Crippen LogP contribution in [0.25, 0.3) is 0 Å². The number of hydrogen-bond acceptors (Lipinski definition) is 5. The molecule has 102 valence electrons. The quantitative estimate of drug-likeness (QED) is 0.379. The molecule has 5 heteroatoms. The largest absolute Gasteiger partial charge is 0.508 e. The molecule has 0 aliphatic carbocycles. The standard InChI is InChI=1S/C13H20O5/c1-10(2)12(14)16-8-6-4-3-5-7-11-9-17-13(15)18-11/h11H,1,3-9H2,2H3. The predicted molar refractivity (Wildman–Crippen MR) is 65.1 cm³/mol. The van der Waals surface area contributed by atoms with Crippen molar-refractivity contribution in [2.24, 2.45) is 0 Å². The normalized spacial score (nSPS) is 18.1. The number of carbonyl (C=O) groups excluding carboxylic acids is 2. The summed E-state index contributed by atoms with van der Waals surface area (Å²) < 4.78 is 14.6. The number of hydrogen-bond donors (Lipinski definition) is 0. The van der Waals surface area contributed by atoms with Crippen molar-refractivity contribution >= 4 is 12.1 Å². The highest BCUT2D eigenvalue weighted by molar-refractivity contribution is 5.86. The number of rotatable bonds is 8. The Kier molecular flexibility index (Phi) is 6.25. The maximum absolute atomic E-state index is 11.1. The van der Waals surface area contributed by atoms with Crippen LogP contribution in [-0.2, 0) is 19.0 Å². The van der Waals surface area contributed by atoms with Crippen LogP contribution < -0.4 is 0 Å². The molecule has 1 aliphatic heterocycles. The van der Waals surface area contributed by atoms with E-state index < -0.39 is 6.16 Å². The van der Waals surface area contributed by atoms with Gasteiger partial charge in [0.05, 0.1) is 6.61 Å². The molecule has 5 nitrogen and oxygen atoms in total. The van der Waals surface area contributed by atoms with Gasteiger partial charge in [0.1, 0.15) is 12.7 Å². The van der Waals surface area contributed by atoms with E-state index >= 15 is 0 Å².